The Labute approximate surface area is 652 Å². The topological polar surface area (TPSA) is 237 Å². The standard InChI is InChI=1S/C89H140O17P2/c1-5-9-13-17-21-25-29-33-37-39-41-43-47-49-53-57-61-65-69-73-86(91)99-79-84(105-88(93)75-71-67-63-59-55-51-45-35-31-27-23-19-15-11-7-3)81-103-107(95,96)101-77-83(90)78-102-108(97,98)104-82-85(106-89(94)76-72-68-64-60-56-52-46-36-32-28-24-20-16-12-8-4)80-100-87(92)74-70-66-62-58-54-50-48-44-42-40-38-34-30-26-22-18-14-10-6-2/h9,11-13,15-16,21-28,33-38,41-46,49,53,55,59,61,65,67,71,83-85,90H,5-8,10,14,17-20,29-32,39-40,47-48,50-52,54,56-58,60,62-64,66,68-70,72-82H2,1-4H3,(H,95,96)(H,97,98)/b13-9-,15-11-,16-12-,25-21-,26-22-,27-23-,28-24-,37-33-,38-34-,43-41-,44-42-,45-35-,46-36-,53-49-,59-55-,65-61-,71-67-. The third-order valence-electron chi connectivity index (χ3n) is 15.8. The first kappa shape index (κ1) is 102. The summed E-state index contributed by atoms with van der Waals surface area (Å²) in [5.41, 5.74) is 0. The minimum Gasteiger partial charge on any atom is -0.462 e. The van der Waals surface area contributed by atoms with Gasteiger partial charge in [-0.05, 0) is 161 Å². The molecule has 5 atom stereocenters. The summed E-state index contributed by atoms with van der Waals surface area (Å²) in [4.78, 5) is 73.0. The summed E-state index contributed by atoms with van der Waals surface area (Å²) in [6, 6.07) is 0. The van der Waals surface area contributed by atoms with E-state index in [0.29, 0.717) is 32.1 Å². The Morgan fingerprint density at radius 3 is 0.880 bits per heavy atom. The van der Waals surface area contributed by atoms with Crippen LogP contribution >= 0.6 is 15.6 Å². The fourth-order valence-corrected chi connectivity index (χ4v) is 11.3. The van der Waals surface area contributed by atoms with Crippen molar-refractivity contribution in [1.82, 2.24) is 0 Å². The predicted octanol–water partition coefficient (Wildman–Crippen LogP) is 23.9. The lowest BCUT2D eigenvalue weighted by molar-refractivity contribution is -0.161. The highest BCUT2D eigenvalue weighted by atomic mass is 31.2. The SMILES string of the molecule is CC/C=C\C/C=C\C/C=C\C/C=C\C/C=C\C/C=C\CCC(=O)OCC(COP(=O)(O)OCC(O)COP(=O)(O)OCC(COC(=O)CCCCCCCC/C=C\C/C=C\C/C=C\CCCCC)OC(=O)CCCCCCC/C=C\C/C=C\C/C=C\CC)OC(=O)C/C=C\C/C=C\C/C=C\C/C=C\C/C=C\CC. The number of hydrogen-bond donors (Lipinski definition) is 3. The Balaban J connectivity index is 5.53. The van der Waals surface area contributed by atoms with Crippen LogP contribution in [-0.2, 0) is 65.4 Å². The Morgan fingerprint density at radius 1 is 0.278 bits per heavy atom. The number of phosphoric ester groups is 2. The summed E-state index contributed by atoms with van der Waals surface area (Å²) in [5, 5.41) is 10.6. The first-order chi connectivity index (χ1) is 52.7. The molecule has 0 aromatic heterocycles. The second kappa shape index (κ2) is 78.8. The molecule has 0 saturated heterocycles. The molecule has 0 aromatic rings. The number of rotatable bonds is 73. The maximum Gasteiger partial charge on any atom is 0.472 e. The lowest BCUT2D eigenvalue weighted by Gasteiger charge is -2.21. The zero-order chi connectivity index (χ0) is 78.9. The average molecular weight is 1540 g/mol. The van der Waals surface area contributed by atoms with Crippen LogP contribution in [0.5, 0.6) is 0 Å². The fourth-order valence-electron chi connectivity index (χ4n) is 9.75. The molecule has 0 heterocycles. The molecule has 17 nitrogen and oxygen atoms in total. The highest BCUT2D eigenvalue weighted by Gasteiger charge is 2.30. The number of hydrogen-bond acceptors (Lipinski definition) is 15. The molecule has 3 N–H and O–H groups in total. The van der Waals surface area contributed by atoms with E-state index in [1.165, 1.54) is 19.3 Å². The number of carbonyl (C=O) groups excluding carboxylic acids is 4. The molecule has 0 aromatic carbocycles. The van der Waals surface area contributed by atoms with Crippen molar-refractivity contribution in [1.29, 1.82) is 0 Å². The molecule has 0 bridgehead atoms. The van der Waals surface area contributed by atoms with Gasteiger partial charge in [0, 0.05) is 19.3 Å². The van der Waals surface area contributed by atoms with Gasteiger partial charge in [-0.3, -0.25) is 37.3 Å². The summed E-state index contributed by atoms with van der Waals surface area (Å²) in [7, 11) is -10.0. The number of aliphatic hydroxyl groups excluding tert-OH is 1. The van der Waals surface area contributed by atoms with Crippen molar-refractivity contribution in [2.24, 2.45) is 0 Å². The van der Waals surface area contributed by atoms with Gasteiger partial charge in [-0.15, -0.1) is 0 Å². The number of esters is 4. The summed E-state index contributed by atoms with van der Waals surface area (Å²) >= 11 is 0. The highest BCUT2D eigenvalue weighted by molar-refractivity contribution is 7.47. The zero-order valence-electron chi connectivity index (χ0n) is 66.4. The van der Waals surface area contributed by atoms with Crippen molar-refractivity contribution in [3.8, 4) is 0 Å². The molecule has 608 valence electrons. The zero-order valence-corrected chi connectivity index (χ0v) is 68.2. The minimum absolute atomic E-state index is 0.00758. The quantitative estimate of drug-likeness (QED) is 0.0169. The number of carbonyl (C=O) groups is 4. The van der Waals surface area contributed by atoms with E-state index < -0.39 is 97.5 Å². The largest absolute Gasteiger partial charge is 0.472 e. The average Bonchev–Trinajstić information content (AvgIpc) is 0.923. The first-order valence-electron chi connectivity index (χ1n) is 40.3. The van der Waals surface area contributed by atoms with Crippen LogP contribution < -0.4 is 0 Å². The van der Waals surface area contributed by atoms with E-state index in [4.69, 9.17) is 37.0 Å². The third-order valence-corrected chi connectivity index (χ3v) is 17.7. The molecule has 0 aliphatic heterocycles. The normalized spacial score (nSPS) is 14.9. The van der Waals surface area contributed by atoms with E-state index in [1.54, 1.807) is 12.2 Å². The Kier molecular flexibility index (Phi) is 74.1. The van der Waals surface area contributed by atoms with Crippen molar-refractivity contribution in [2.75, 3.05) is 39.6 Å². The van der Waals surface area contributed by atoms with Crippen molar-refractivity contribution in [2.45, 2.75) is 290 Å². The molecule has 19 heteroatoms. The molecule has 108 heavy (non-hydrogen) atoms. The van der Waals surface area contributed by atoms with Gasteiger partial charge in [-0.1, -0.05) is 292 Å². The molecular weight excluding hydrogens is 1400 g/mol. The van der Waals surface area contributed by atoms with Crippen LogP contribution in [0.1, 0.15) is 272 Å². The molecule has 0 aliphatic rings. The second-order valence-corrected chi connectivity index (χ2v) is 28.8. The van der Waals surface area contributed by atoms with Crippen LogP contribution in [0.2, 0.25) is 0 Å². The Bertz CT molecular complexity index is 2860. The third kappa shape index (κ3) is 77.8. The molecule has 0 amide bonds. The van der Waals surface area contributed by atoms with E-state index in [9.17, 15) is 43.2 Å². The van der Waals surface area contributed by atoms with Gasteiger partial charge in [0.1, 0.15) is 19.3 Å². The van der Waals surface area contributed by atoms with Crippen LogP contribution in [0.3, 0.4) is 0 Å². The Hall–Kier alpha value is -6.36. The molecule has 0 aliphatic carbocycles. The molecular formula is C89H140O17P2. The van der Waals surface area contributed by atoms with Gasteiger partial charge in [-0.25, -0.2) is 9.13 Å². The number of phosphoric acid groups is 2. The number of aliphatic hydroxyl groups is 1. The summed E-state index contributed by atoms with van der Waals surface area (Å²) in [6.07, 6.45) is 98.5. The van der Waals surface area contributed by atoms with Crippen LogP contribution in [0.25, 0.3) is 0 Å². The van der Waals surface area contributed by atoms with E-state index in [2.05, 4.69) is 192 Å². The molecule has 0 radical (unpaired) electrons. The molecule has 0 spiro atoms. The second-order valence-electron chi connectivity index (χ2n) is 25.9. The van der Waals surface area contributed by atoms with E-state index in [0.717, 1.165) is 167 Å². The lowest BCUT2D eigenvalue weighted by Crippen LogP contribution is -2.30. The van der Waals surface area contributed by atoms with Crippen molar-refractivity contribution >= 4 is 39.5 Å². The maximum absolute atomic E-state index is 13.1. The monoisotopic (exact) mass is 1540 g/mol. The maximum atomic E-state index is 13.1. The van der Waals surface area contributed by atoms with Crippen molar-refractivity contribution in [3.63, 3.8) is 0 Å². The van der Waals surface area contributed by atoms with Gasteiger partial charge in [0.2, 0.25) is 0 Å². The fraction of sp³-hybridized carbons (Fsp3) is 0.573. The first-order valence-corrected chi connectivity index (χ1v) is 43.3. The highest BCUT2D eigenvalue weighted by Crippen LogP contribution is 2.45. The van der Waals surface area contributed by atoms with Crippen LogP contribution in [0, 0.1) is 0 Å². The van der Waals surface area contributed by atoms with Crippen LogP contribution in [-0.4, -0.2) is 96.7 Å². The number of allylic oxidation sites excluding steroid dienone is 33. The Morgan fingerprint density at radius 2 is 0.537 bits per heavy atom. The molecule has 0 fully saturated rings. The van der Waals surface area contributed by atoms with Crippen molar-refractivity contribution in [3.05, 3.63) is 207 Å². The summed E-state index contributed by atoms with van der Waals surface area (Å²) in [5.74, 6) is -2.48. The van der Waals surface area contributed by atoms with Gasteiger partial charge in [-0.2, -0.15) is 0 Å². The van der Waals surface area contributed by atoms with Crippen LogP contribution in [0.4, 0.5) is 0 Å². The van der Waals surface area contributed by atoms with Crippen LogP contribution in [0.15, 0.2) is 207 Å². The lowest BCUT2D eigenvalue weighted by atomic mass is 10.1. The van der Waals surface area contributed by atoms with Crippen molar-refractivity contribution < 1.29 is 80.2 Å². The molecule has 5 unspecified atom stereocenters. The predicted molar refractivity (Wildman–Crippen MR) is 445 cm³/mol. The van der Waals surface area contributed by atoms with E-state index >= 15 is 0 Å². The number of unbranched alkanes of at least 4 members (excludes halogenated alkanes) is 14. The van der Waals surface area contributed by atoms with Gasteiger partial charge in [0.15, 0.2) is 12.2 Å². The molecule has 0 saturated carbocycles. The van der Waals surface area contributed by atoms with Gasteiger partial charge in [0.25, 0.3) is 0 Å². The van der Waals surface area contributed by atoms with E-state index in [1.807, 2.05) is 30.4 Å². The number of ether oxygens (including phenoxy) is 4. The summed E-state index contributed by atoms with van der Waals surface area (Å²) < 4.78 is 68.4. The summed E-state index contributed by atoms with van der Waals surface area (Å²) in [6.45, 7) is 4.24. The molecule has 0 rings (SSSR count). The van der Waals surface area contributed by atoms with E-state index in [-0.39, 0.29) is 25.7 Å². The smallest absolute Gasteiger partial charge is 0.462 e. The van der Waals surface area contributed by atoms with Gasteiger partial charge >= 0.3 is 39.5 Å². The van der Waals surface area contributed by atoms with Gasteiger partial charge < -0.3 is 33.8 Å². The minimum atomic E-state index is -5.03. The van der Waals surface area contributed by atoms with Gasteiger partial charge in [0.05, 0.1) is 32.8 Å².